The molecule has 0 aliphatic heterocycles. The molecule has 0 spiro atoms. The maximum atomic E-state index is 10.7. The van der Waals surface area contributed by atoms with Crippen molar-refractivity contribution in [1.82, 2.24) is 0 Å². The highest BCUT2D eigenvalue weighted by Crippen LogP contribution is 2.25. The van der Waals surface area contributed by atoms with Gasteiger partial charge in [-0.1, -0.05) is 17.7 Å². The van der Waals surface area contributed by atoms with E-state index in [2.05, 4.69) is 15.2 Å². The SMILES string of the molecule is Cc1ccc(N=Cc2cc(N=Nc3ccc([N+](=O)[O-])cc3)ccc2O)cc1. The number of phenolic OH excluding ortho intramolecular Hbond substituents is 1. The highest BCUT2D eigenvalue weighted by Gasteiger charge is 2.04. The Bertz CT molecular complexity index is 1010. The number of aliphatic imine (C=N–C) groups is 1. The van der Waals surface area contributed by atoms with E-state index < -0.39 is 4.92 Å². The molecule has 3 aromatic rings. The number of nitrogens with zero attached hydrogens (tertiary/aromatic N) is 4. The van der Waals surface area contributed by atoms with Crippen molar-refractivity contribution in [3.8, 4) is 5.75 Å². The zero-order valence-corrected chi connectivity index (χ0v) is 14.5. The van der Waals surface area contributed by atoms with Gasteiger partial charge in [0.25, 0.3) is 5.69 Å². The molecule has 0 unspecified atom stereocenters. The number of phenols is 1. The minimum absolute atomic E-state index is 0.00631. The van der Waals surface area contributed by atoms with Crippen LogP contribution in [0.25, 0.3) is 0 Å². The fourth-order valence-corrected chi connectivity index (χ4v) is 2.24. The summed E-state index contributed by atoms with van der Waals surface area (Å²) < 4.78 is 0. The highest BCUT2D eigenvalue weighted by atomic mass is 16.6. The van der Waals surface area contributed by atoms with E-state index in [1.54, 1.807) is 18.3 Å². The zero-order valence-electron chi connectivity index (χ0n) is 14.5. The third-order valence-electron chi connectivity index (χ3n) is 3.74. The first-order valence-corrected chi connectivity index (χ1v) is 8.11. The first-order valence-electron chi connectivity index (χ1n) is 8.11. The molecule has 3 rings (SSSR count). The number of hydrogen-bond acceptors (Lipinski definition) is 6. The van der Waals surface area contributed by atoms with Gasteiger partial charge >= 0.3 is 0 Å². The summed E-state index contributed by atoms with van der Waals surface area (Å²) in [4.78, 5) is 14.5. The van der Waals surface area contributed by atoms with Crippen LogP contribution in [0.15, 0.2) is 82.0 Å². The van der Waals surface area contributed by atoms with Crippen molar-refractivity contribution >= 4 is 29.0 Å². The van der Waals surface area contributed by atoms with Crippen molar-refractivity contribution in [2.45, 2.75) is 6.92 Å². The Morgan fingerprint density at radius 1 is 0.889 bits per heavy atom. The second kappa shape index (κ2) is 8.01. The molecule has 0 radical (unpaired) electrons. The topological polar surface area (TPSA) is 100 Å². The van der Waals surface area contributed by atoms with Gasteiger partial charge in [-0.2, -0.15) is 10.2 Å². The average molecular weight is 360 g/mol. The molecule has 0 bridgehead atoms. The van der Waals surface area contributed by atoms with E-state index >= 15 is 0 Å². The number of non-ortho nitro benzene ring substituents is 1. The third kappa shape index (κ3) is 4.82. The minimum atomic E-state index is -0.472. The summed E-state index contributed by atoms with van der Waals surface area (Å²) in [5.74, 6) is 0.0835. The van der Waals surface area contributed by atoms with Gasteiger partial charge in [0.1, 0.15) is 5.75 Å². The van der Waals surface area contributed by atoms with Gasteiger partial charge in [-0.05, 0) is 49.4 Å². The van der Waals surface area contributed by atoms with Crippen LogP contribution in [0, 0.1) is 17.0 Å². The van der Waals surface area contributed by atoms with Crippen molar-refractivity contribution in [3.05, 3.63) is 88.0 Å². The molecular weight excluding hydrogens is 344 g/mol. The lowest BCUT2D eigenvalue weighted by molar-refractivity contribution is -0.384. The van der Waals surface area contributed by atoms with Crippen LogP contribution in [0.3, 0.4) is 0 Å². The molecule has 0 atom stereocenters. The number of benzene rings is 3. The Morgan fingerprint density at radius 3 is 2.15 bits per heavy atom. The molecule has 0 saturated heterocycles. The van der Waals surface area contributed by atoms with Crippen LogP contribution in [-0.4, -0.2) is 16.2 Å². The molecular formula is C20H16N4O3. The van der Waals surface area contributed by atoms with Gasteiger partial charge in [-0.15, -0.1) is 0 Å². The fourth-order valence-electron chi connectivity index (χ4n) is 2.24. The number of nitro benzene ring substituents is 1. The number of aryl methyl sites for hydroxylation is 1. The number of nitro groups is 1. The summed E-state index contributed by atoms with van der Waals surface area (Å²) in [5, 5.41) is 28.8. The first kappa shape index (κ1) is 17.9. The van der Waals surface area contributed by atoms with Crippen molar-refractivity contribution in [2.24, 2.45) is 15.2 Å². The smallest absolute Gasteiger partial charge is 0.269 e. The highest BCUT2D eigenvalue weighted by molar-refractivity contribution is 5.86. The molecule has 0 aliphatic rings. The summed E-state index contributed by atoms with van der Waals surface area (Å²) >= 11 is 0. The Morgan fingerprint density at radius 2 is 1.48 bits per heavy atom. The maximum Gasteiger partial charge on any atom is 0.269 e. The van der Waals surface area contributed by atoms with Gasteiger partial charge in [0.2, 0.25) is 0 Å². The molecule has 0 fully saturated rings. The monoisotopic (exact) mass is 360 g/mol. The van der Waals surface area contributed by atoms with Crippen molar-refractivity contribution in [3.63, 3.8) is 0 Å². The number of azo groups is 1. The minimum Gasteiger partial charge on any atom is -0.507 e. The van der Waals surface area contributed by atoms with Crippen LogP contribution < -0.4 is 0 Å². The van der Waals surface area contributed by atoms with Crippen molar-refractivity contribution < 1.29 is 10.0 Å². The van der Waals surface area contributed by atoms with Gasteiger partial charge in [-0.25, -0.2) is 0 Å². The van der Waals surface area contributed by atoms with Crippen LogP contribution in [0.4, 0.5) is 22.7 Å². The predicted octanol–water partition coefficient (Wildman–Crippen LogP) is 5.77. The Kier molecular flexibility index (Phi) is 5.32. The van der Waals surface area contributed by atoms with E-state index in [0.29, 0.717) is 16.9 Å². The number of rotatable bonds is 5. The second-order valence-electron chi connectivity index (χ2n) is 5.81. The van der Waals surface area contributed by atoms with Crippen LogP contribution in [-0.2, 0) is 0 Å². The van der Waals surface area contributed by atoms with Crippen LogP contribution in [0.1, 0.15) is 11.1 Å². The molecule has 7 nitrogen and oxygen atoms in total. The largest absolute Gasteiger partial charge is 0.507 e. The van der Waals surface area contributed by atoms with E-state index in [1.807, 2.05) is 31.2 Å². The Hall–Kier alpha value is -3.87. The van der Waals surface area contributed by atoms with E-state index in [1.165, 1.54) is 30.3 Å². The second-order valence-corrected chi connectivity index (χ2v) is 5.81. The molecule has 3 aromatic carbocycles. The van der Waals surface area contributed by atoms with Gasteiger partial charge in [0.15, 0.2) is 0 Å². The van der Waals surface area contributed by atoms with Gasteiger partial charge in [0, 0.05) is 23.9 Å². The zero-order chi connectivity index (χ0) is 19.2. The van der Waals surface area contributed by atoms with Gasteiger partial charge in [-0.3, -0.25) is 15.1 Å². The quantitative estimate of drug-likeness (QED) is 0.270. The summed E-state index contributed by atoms with van der Waals surface area (Å²) in [6, 6.07) is 18.3. The average Bonchev–Trinajstić information content (AvgIpc) is 2.68. The summed E-state index contributed by atoms with van der Waals surface area (Å²) in [5.41, 5.74) is 3.44. The molecule has 134 valence electrons. The molecule has 0 saturated carbocycles. The molecule has 0 aliphatic carbocycles. The number of hydrogen-bond donors (Lipinski definition) is 1. The lowest BCUT2D eigenvalue weighted by Crippen LogP contribution is -1.85. The lowest BCUT2D eigenvalue weighted by atomic mass is 10.2. The van der Waals surface area contributed by atoms with Crippen molar-refractivity contribution in [2.75, 3.05) is 0 Å². The first-order chi connectivity index (χ1) is 13.0. The summed E-state index contributed by atoms with van der Waals surface area (Å²) in [6.45, 7) is 2.00. The molecule has 7 heteroatoms. The van der Waals surface area contributed by atoms with Crippen LogP contribution in [0.2, 0.25) is 0 Å². The number of aromatic hydroxyl groups is 1. The van der Waals surface area contributed by atoms with Gasteiger partial charge in [0.05, 0.1) is 22.0 Å². The molecule has 0 heterocycles. The Balaban J connectivity index is 1.78. The molecule has 1 N–H and O–H groups in total. The van der Waals surface area contributed by atoms with E-state index in [9.17, 15) is 15.2 Å². The lowest BCUT2D eigenvalue weighted by Gasteiger charge is -2.00. The van der Waals surface area contributed by atoms with Crippen LogP contribution in [0.5, 0.6) is 5.75 Å². The summed E-state index contributed by atoms with van der Waals surface area (Å²) in [6.07, 6.45) is 1.56. The molecule has 0 aromatic heterocycles. The summed E-state index contributed by atoms with van der Waals surface area (Å²) in [7, 11) is 0. The third-order valence-corrected chi connectivity index (χ3v) is 3.74. The van der Waals surface area contributed by atoms with Crippen molar-refractivity contribution in [1.29, 1.82) is 0 Å². The predicted molar refractivity (Wildman–Crippen MR) is 104 cm³/mol. The Labute approximate surface area is 155 Å². The molecule has 27 heavy (non-hydrogen) atoms. The standard InChI is InChI=1S/C20H16N4O3/c1-14-2-4-16(5-3-14)21-13-15-12-18(8-11-20(15)25)23-22-17-6-9-19(10-7-17)24(26)27/h2-13,25H,1H3. The fraction of sp³-hybridized carbons (Fsp3) is 0.0500. The maximum absolute atomic E-state index is 10.7. The molecule has 0 amide bonds. The van der Waals surface area contributed by atoms with E-state index in [0.717, 1.165) is 11.3 Å². The normalized spacial score (nSPS) is 11.3. The van der Waals surface area contributed by atoms with Gasteiger partial charge < -0.3 is 5.11 Å². The van der Waals surface area contributed by atoms with Crippen LogP contribution >= 0.6 is 0 Å². The van der Waals surface area contributed by atoms with E-state index in [4.69, 9.17) is 0 Å². The van der Waals surface area contributed by atoms with E-state index in [-0.39, 0.29) is 11.4 Å².